The van der Waals surface area contributed by atoms with E-state index >= 15 is 0 Å². The van der Waals surface area contributed by atoms with Gasteiger partial charge in [-0.2, -0.15) is 0 Å². The summed E-state index contributed by atoms with van der Waals surface area (Å²) in [4.78, 5) is 0. The van der Waals surface area contributed by atoms with Gasteiger partial charge in [-0.15, -0.1) is 0 Å². The second-order valence-electron chi connectivity index (χ2n) is 4.78. The van der Waals surface area contributed by atoms with Crippen molar-refractivity contribution in [3.05, 3.63) is 60.0 Å². The Hall–Kier alpha value is -3.09. The number of nitrogens with zero attached hydrogens (tertiary/aromatic N) is 2. The Morgan fingerprint density at radius 2 is 1.87 bits per heavy atom. The van der Waals surface area contributed by atoms with Crippen molar-refractivity contribution >= 4 is 5.69 Å². The van der Waals surface area contributed by atoms with Crippen LogP contribution >= 0.6 is 0 Å². The van der Waals surface area contributed by atoms with Crippen molar-refractivity contribution in [2.45, 2.75) is 6.54 Å². The van der Waals surface area contributed by atoms with Gasteiger partial charge in [0.25, 0.3) is 5.69 Å². The topological polar surface area (TPSA) is 74.2 Å². The largest absolute Gasteiger partial charge is 0.539 e. The smallest absolute Gasteiger partial charge is 0.259 e. The average Bonchev–Trinajstić information content (AvgIpc) is 2.95. The van der Waals surface area contributed by atoms with Crippen LogP contribution < -0.4 is 19.8 Å². The highest BCUT2D eigenvalue weighted by Crippen LogP contribution is 2.16. The molecule has 2 aromatic carbocycles. The zero-order valence-corrected chi connectivity index (χ0v) is 12.3. The lowest BCUT2D eigenvalue weighted by atomic mass is 10.3. The number of nitrogens with one attached hydrogen (secondary N) is 1. The standard InChI is InChI=1S/C16H14FN3O3/c1-22-14-8-6-13(7-9-14)20-15(16(21)23-19-20)10-18-12-4-2-11(17)3-5-12/h2-9,18H,10H2,1H3. The van der Waals surface area contributed by atoms with E-state index < -0.39 is 5.95 Å². The van der Waals surface area contributed by atoms with Gasteiger partial charge >= 0.3 is 0 Å². The van der Waals surface area contributed by atoms with Crippen LogP contribution in [0.5, 0.6) is 11.7 Å². The molecule has 0 aliphatic rings. The van der Waals surface area contributed by atoms with Gasteiger partial charge in [0.05, 0.1) is 12.4 Å². The molecule has 6 nitrogen and oxygen atoms in total. The molecule has 7 heteroatoms. The summed E-state index contributed by atoms with van der Waals surface area (Å²) in [6, 6.07) is 12.9. The fourth-order valence-corrected chi connectivity index (χ4v) is 2.09. The molecular formula is C16H14FN3O3. The molecule has 1 N–H and O–H groups in total. The number of halogens is 1. The Bertz CT molecular complexity index is 785. The molecular weight excluding hydrogens is 301 g/mol. The normalized spacial score (nSPS) is 10.5. The summed E-state index contributed by atoms with van der Waals surface area (Å²) in [6.45, 7) is 0.194. The highest BCUT2D eigenvalue weighted by molar-refractivity contribution is 5.43. The Labute approximate surface area is 131 Å². The molecule has 0 bridgehead atoms. The van der Waals surface area contributed by atoms with Gasteiger partial charge in [0.2, 0.25) is 5.69 Å². The number of benzene rings is 2. The molecule has 0 saturated carbocycles. The minimum Gasteiger partial charge on any atom is -0.539 e. The quantitative estimate of drug-likeness (QED) is 0.727. The Morgan fingerprint density at radius 1 is 1.17 bits per heavy atom. The SMILES string of the molecule is COc1ccc(-[n+]2noc([O-])c2CNc2ccc(F)cc2)cc1. The van der Waals surface area contributed by atoms with Gasteiger partial charge in [-0.25, -0.2) is 4.39 Å². The first-order chi connectivity index (χ1) is 11.2. The molecule has 118 valence electrons. The van der Waals surface area contributed by atoms with Gasteiger partial charge in [0.1, 0.15) is 18.1 Å². The van der Waals surface area contributed by atoms with Gasteiger partial charge in [0.15, 0.2) is 5.95 Å². The summed E-state index contributed by atoms with van der Waals surface area (Å²) in [6.07, 6.45) is 0. The van der Waals surface area contributed by atoms with Crippen molar-refractivity contribution in [2.24, 2.45) is 0 Å². The van der Waals surface area contributed by atoms with E-state index in [2.05, 4.69) is 10.6 Å². The molecule has 0 aliphatic heterocycles. The first-order valence-corrected chi connectivity index (χ1v) is 6.89. The molecule has 0 fully saturated rings. The molecule has 0 unspecified atom stereocenters. The molecule has 0 saturated heterocycles. The number of anilines is 1. The summed E-state index contributed by atoms with van der Waals surface area (Å²) in [5, 5.41) is 18.6. The van der Waals surface area contributed by atoms with E-state index in [0.29, 0.717) is 22.8 Å². The minimum atomic E-state index is -0.532. The van der Waals surface area contributed by atoms with Crippen LogP contribution in [0.4, 0.5) is 10.1 Å². The number of hydrogen-bond acceptors (Lipinski definition) is 5. The van der Waals surface area contributed by atoms with Crippen LogP contribution in [-0.4, -0.2) is 12.4 Å². The van der Waals surface area contributed by atoms with Crippen molar-refractivity contribution in [3.63, 3.8) is 0 Å². The van der Waals surface area contributed by atoms with E-state index in [4.69, 9.17) is 9.26 Å². The van der Waals surface area contributed by atoms with Crippen LogP contribution in [0.3, 0.4) is 0 Å². The minimum absolute atomic E-state index is 0.194. The van der Waals surface area contributed by atoms with Gasteiger partial charge in [0, 0.05) is 17.8 Å². The van der Waals surface area contributed by atoms with Crippen molar-refractivity contribution in [1.82, 2.24) is 5.27 Å². The third kappa shape index (κ3) is 3.23. The van der Waals surface area contributed by atoms with Crippen molar-refractivity contribution in [3.8, 4) is 17.4 Å². The van der Waals surface area contributed by atoms with E-state index in [1.165, 1.54) is 16.8 Å². The van der Waals surface area contributed by atoms with Crippen molar-refractivity contribution in [1.29, 1.82) is 0 Å². The summed E-state index contributed by atoms with van der Waals surface area (Å²) >= 11 is 0. The molecule has 23 heavy (non-hydrogen) atoms. The lowest BCUT2D eigenvalue weighted by Crippen LogP contribution is -2.37. The highest BCUT2D eigenvalue weighted by atomic mass is 19.1. The Morgan fingerprint density at radius 3 is 2.52 bits per heavy atom. The Balaban J connectivity index is 1.81. The molecule has 0 amide bonds. The van der Waals surface area contributed by atoms with Crippen molar-refractivity contribution in [2.75, 3.05) is 12.4 Å². The number of methoxy groups -OCH3 is 1. The lowest BCUT2D eigenvalue weighted by molar-refractivity contribution is -0.677. The molecule has 0 spiro atoms. The van der Waals surface area contributed by atoms with Crippen LogP contribution in [0.15, 0.2) is 53.1 Å². The molecule has 0 radical (unpaired) electrons. The highest BCUT2D eigenvalue weighted by Gasteiger charge is 2.20. The van der Waals surface area contributed by atoms with Gasteiger partial charge in [-0.3, -0.25) is 0 Å². The van der Waals surface area contributed by atoms with E-state index in [-0.39, 0.29) is 12.4 Å². The number of aromatic nitrogens is 2. The summed E-state index contributed by atoms with van der Waals surface area (Å²) in [5.74, 6) is -0.153. The van der Waals surface area contributed by atoms with Gasteiger partial charge in [-0.05, 0) is 41.1 Å². The summed E-state index contributed by atoms with van der Waals surface area (Å²) in [5.41, 5.74) is 1.69. The van der Waals surface area contributed by atoms with Crippen LogP contribution in [0.1, 0.15) is 5.69 Å². The van der Waals surface area contributed by atoms with Crippen molar-refractivity contribution < 1.29 is 23.4 Å². The second kappa shape index (κ2) is 6.35. The maximum Gasteiger partial charge on any atom is 0.259 e. The third-order valence-electron chi connectivity index (χ3n) is 3.32. The number of hydrogen-bond donors (Lipinski definition) is 1. The molecule has 3 rings (SSSR count). The maximum absolute atomic E-state index is 12.9. The molecule has 0 aliphatic carbocycles. The van der Waals surface area contributed by atoms with E-state index in [1.807, 2.05) is 0 Å². The molecule has 3 aromatic rings. The Kier molecular flexibility index (Phi) is 4.09. The average molecular weight is 315 g/mol. The predicted molar refractivity (Wildman–Crippen MR) is 77.8 cm³/mol. The van der Waals surface area contributed by atoms with E-state index in [9.17, 15) is 9.50 Å². The first kappa shape index (κ1) is 14.8. The third-order valence-corrected chi connectivity index (χ3v) is 3.32. The van der Waals surface area contributed by atoms with Gasteiger partial charge < -0.3 is 19.7 Å². The molecule has 1 aromatic heterocycles. The fraction of sp³-hybridized carbons (Fsp3) is 0.125. The molecule has 0 atom stereocenters. The second-order valence-corrected chi connectivity index (χ2v) is 4.78. The predicted octanol–water partition coefficient (Wildman–Crippen LogP) is 1.78. The number of ether oxygens (including phenoxy) is 1. The maximum atomic E-state index is 12.9. The zero-order valence-electron chi connectivity index (χ0n) is 12.3. The number of rotatable bonds is 5. The van der Waals surface area contributed by atoms with Crippen LogP contribution in [0.25, 0.3) is 5.69 Å². The van der Waals surface area contributed by atoms with E-state index in [0.717, 1.165) is 0 Å². The van der Waals surface area contributed by atoms with Crippen LogP contribution in [0.2, 0.25) is 0 Å². The van der Waals surface area contributed by atoms with E-state index in [1.54, 1.807) is 43.5 Å². The van der Waals surface area contributed by atoms with Crippen LogP contribution in [-0.2, 0) is 6.54 Å². The van der Waals surface area contributed by atoms with Gasteiger partial charge in [-0.1, -0.05) is 0 Å². The molecule has 1 heterocycles. The summed E-state index contributed by atoms with van der Waals surface area (Å²) < 4.78 is 24.1. The fourth-order valence-electron chi connectivity index (χ4n) is 2.09. The zero-order chi connectivity index (χ0) is 16.2. The first-order valence-electron chi connectivity index (χ1n) is 6.89. The summed E-state index contributed by atoms with van der Waals surface area (Å²) in [7, 11) is 1.58. The lowest BCUT2D eigenvalue weighted by Gasteiger charge is -2.04. The van der Waals surface area contributed by atoms with Crippen LogP contribution in [0, 0.1) is 5.82 Å². The monoisotopic (exact) mass is 315 g/mol.